The van der Waals surface area contributed by atoms with E-state index in [0.717, 1.165) is 11.1 Å². The van der Waals surface area contributed by atoms with Gasteiger partial charge in [-0.1, -0.05) is 48.2 Å². The van der Waals surface area contributed by atoms with Gasteiger partial charge in [-0.15, -0.1) is 0 Å². The molecule has 0 aliphatic heterocycles. The van der Waals surface area contributed by atoms with E-state index >= 15 is 0 Å². The molecule has 128 valence electrons. The predicted octanol–water partition coefficient (Wildman–Crippen LogP) is 3.54. The van der Waals surface area contributed by atoms with Crippen molar-refractivity contribution in [2.24, 2.45) is 0 Å². The smallest absolute Gasteiger partial charge is 0.219 e. The number of hydrogen-bond donors (Lipinski definition) is 1. The van der Waals surface area contributed by atoms with E-state index in [1.165, 1.54) is 0 Å². The zero-order chi connectivity index (χ0) is 18.6. The van der Waals surface area contributed by atoms with E-state index in [1.807, 2.05) is 60.7 Å². The van der Waals surface area contributed by atoms with Crippen molar-refractivity contribution in [3.63, 3.8) is 0 Å². The fourth-order valence-corrected chi connectivity index (χ4v) is 2.60. The SMILES string of the molecule is Cc1nc2c(C#Cc3ccccc3)nc(C#Cc3ccccc3)cn2c1O. The minimum absolute atomic E-state index is 0.0675. The zero-order valence-electron chi connectivity index (χ0n) is 14.6. The average Bonchev–Trinajstić information content (AvgIpc) is 3.00. The Morgan fingerprint density at radius 3 is 2.00 bits per heavy atom. The molecule has 2 heterocycles. The fourth-order valence-electron chi connectivity index (χ4n) is 2.60. The van der Waals surface area contributed by atoms with Crippen LogP contribution in [-0.4, -0.2) is 19.5 Å². The number of aryl methyl sites for hydroxylation is 1. The van der Waals surface area contributed by atoms with Crippen molar-refractivity contribution in [1.82, 2.24) is 14.4 Å². The molecule has 2 aromatic heterocycles. The van der Waals surface area contributed by atoms with Crippen molar-refractivity contribution in [2.75, 3.05) is 0 Å². The first kappa shape index (κ1) is 16.4. The van der Waals surface area contributed by atoms with Gasteiger partial charge in [-0.05, 0) is 43.0 Å². The molecule has 0 unspecified atom stereocenters. The van der Waals surface area contributed by atoms with Gasteiger partial charge in [0.15, 0.2) is 11.3 Å². The van der Waals surface area contributed by atoms with Crippen LogP contribution in [0.25, 0.3) is 5.65 Å². The summed E-state index contributed by atoms with van der Waals surface area (Å²) in [6.45, 7) is 1.74. The number of nitrogens with zero attached hydrogens (tertiary/aromatic N) is 3. The quantitative estimate of drug-likeness (QED) is 0.494. The molecule has 0 fully saturated rings. The number of benzene rings is 2. The van der Waals surface area contributed by atoms with Crippen LogP contribution in [0.15, 0.2) is 66.9 Å². The van der Waals surface area contributed by atoms with Crippen molar-refractivity contribution < 1.29 is 5.11 Å². The van der Waals surface area contributed by atoms with Crippen LogP contribution in [0, 0.1) is 30.6 Å². The van der Waals surface area contributed by atoms with Crippen LogP contribution in [0.2, 0.25) is 0 Å². The lowest BCUT2D eigenvalue weighted by Crippen LogP contribution is -1.97. The summed E-state index contributed by atoms with van der Waals surface area (Å²) in [5.41, 5.74) is 3.79. The maximum absolute atomic E-state index is 10.3. The van der Waals surface area contributed by atoms with Gasteiger partial charge in [-0.3, -0.25) is 4.40 Å². The second kappa shape index (κ2) is 7.07. The summed E-state index contributed by atoms with van der Waals surface area (Å²) >= 11 is 0. The van der Waals surface area contributed by atoms with Crippen LogP contribution < -0.4 is 0 Å². The molecule has 27 heavy (non-hydrogen) atoms. The number of aromatic hydroxyl groups is 1. The van der Waals surface area contributed by atoms with E-state index in [4.69, 9.17) is 0 Å². The molecule has 4 nitrogen and oxygen atoms in total. The van der Waals surface area contributed by atoms with E-state index < -0.39 is 0 Å². The van der Waals surface area contributed by atoms with E-state index in [9.17, 15) is 5.11 Å². The van der Waals surface area contributed by atoms with E-state index in [2.05, 4.69) is 33.6 Å². The van der Waals surface area contributed by atoms with Crippen molar-refractivity contribution in [3.8, 4) is 29.6 Å². The molecule has 4 heteroatoms. The Kier molecular flexibility index (Phi) is 4.31. The third kappa shape index (κ3) is 3.51. The largest absolute Gasteiger partial charge is 0.493 e. The first-order valence-electron chi connectivity index (χ1n) is 8.43. The first-order chi connectivity index (χ1) is 13.2. The summed E-state index contributed by atoms with van der Waals surface area (Å²) in [6.07, 6.45) is 1.67. The Bertz CT molecular complexity index is 1230. The fraction of sp³-hybridized carbons (Fsp3) is 0.0435. The predicted molar refractivity (Wildman–Crippen MR) is 104 cm³/mol. The molecule has 0 radical (unpaired) electrons. The highest BCUT2D eigenvalue weighted by molar-refractivity contribution is 5.59. The normalized spacial score (nSPS) is 9.96. The lowest BCUT2D eigenvalue weighted by atomic mass is 10.2. The van der Waals surface area contributed by atoms with Gasteiger partial charge in [0.1, 0.15) is 11.4 Å². The molecule has 0 amide bonds. The summed E-state index contributed by atoms with van der Waals surface area (Å²) in [5.74, 6) is 12.3. The van der Waals surface area contributed by atoms with Gasteiger partial charge < -0.3 is 5.11 Å². The molecule has 0 atom stereocenters. The van der Waals surface area contributed by atoms with Crippen LogP contribution >= 0.6 is 0 Å². The molecule has 4 rings (SSSR count). The van der Waals surface area contributed by atoms with Gasteiger partial charge in [0.2, 0.25) is 5.88 Å². The van der Waals surface area contributed by atoms with Gasteiger partial charge in [0, 0.05) is 17.3 Å². The number of fused-ring (bicyclic) bond motifs is 1. The summed E-state index contributed by atoms with van der Waals surface area (Å²) < 4.78 is 1.58. The molecule has 0 spiro atoms. The molecule has 0 aliphatic carbocycles. The van der Waals surface area contributed by atoms with Crippen LogP contribution in [0.5, 0.6) is 5.88 Å². The molecule has 1 N–H and O–H groups in total. The Morgan fingerprint density at radius 1 is 0.778 bits per heavy atom. The standard InChI is InChI=1S/C23H15N3O/c1-17-23(27)26-16-20(14-12-18-8-4-2-5-9-18)25-21(22(26)24-17)15-13-19-10-6-3-7-11-19/h2-11,16,27H,1H3. The third-order valence-electron chi connectivity index (χ3n) is 3.96. The van der Waals surface area contributed by atoms with Crippen LogP contribution in [-0.2, 0) is 0 Å². The molecule has 0 bridgehead atoms. The third-order valence-corrected chi connectivity index (χ3v) is 3.96. The molecule has 0 saturated carbocycles. The highest BCUT2D eigenvalue weighted by Gasteiger charge is 2.12. The van der Waals surface area contributed by atoms with Crippen molar-refractivity contribution in [2.45, 2.75) is 6.92 Å². The second-order valence-electron chi connectivity index (χ2n) is 5.92. The van der Waals surface area contributed by atoms with Crippen LogP contribution in [0.3, 0.4) is 0 Å². The minimum Gasteiger partial charge on any atom is -0.493 e. The first-order valence-corrected chi connectivity index (χ1v) is 8.43. The topological polar surface area (TPSA) is 50.4 Å². The maximum atomic E-state index is 10.3. The van der Waals surface area contributed by atoms with Crippen molar-refractivity contribution in [3.05, 3.63) is 95.1 Å². The second-order valence-corrected chi connectivity index (χ2v) is 5.92. The van der Waals surface area contributed by atoms with Gasteiger partial charge in [0.25, 0.3) is 0 Å². The summed E-state index contributed by atoms with van der Waals surface area (Å²) in [5, 5.41) is 10.3. The van der Waals surface area contributed by atoms with E-state index in [0.29, 0.717) is 22.7 Å². The minimum atomic E-state index is 0.0675. The van der Waals surface area contributed by atoms with Crippen LogP contribution in [0.1, 0.15) is 28.2 Å². The molecule has 0 aliphatic rings. The lowest BCUT2D eigenvalue weighted by molar-refractivity contribution is 0.444. The van der Waals surface area contributed by atoms with E-state index in [-0.39, 0.29) is 5.88 Å². The summed E-state index contributed by atoms with van der Waals surface area (Å²) in [6, 6.07) is 19.3. The van der Waals surface area contributed by atoms with Gasteiger partial charge in [-0.2, -0.15) is 0 Å². The average molecular weight is 349 g/mol. The number of imidazole rings is 1. The number of rotatable bonds is 0. The Morgan fingerprint density at radius 2 is 1.37 bits per heavy atom. The van der Waals surface area contributed by atoms with E-state index in [1.54, 1.807) is 17.5 Å². The zero-order valence-corrected chi connectivity index (χ0v) is 14.6. The highest BCUT2D eigenvalue weighted by atomic mass is 16.3. The molecule has 2 aromatic carbocycles. The number of aromatic nitrogens is 3. The Labute approximate surface area is 157 Å². The van der Waals surface area contributed by atoms with Gasteiger partial charge in [-0.25, -0.2) is 9.97 Å². The van der Waals surface area contributed by atoms with Gasteiger partial charge >= 0.3 is 0 Å². The lowest BCUT2D eigenvalue weighted by Gasteiger charge is -1.99. The summed E-state index contributed by atoms with van der Waals surface area (Å²) in [4.78, 5) is 8.93. The van der Waals surface area contributed by atoms with Crippen molar-refractivity contribution >= 4 is 5.65 Å². The highest BCUT2D eigenvalue weighted by Crippen LogP contribution is 2.20. The van der Waals surface area contributed by atoms with Crippen LogP contribution in [0.4, 0.5) is 0 Å². The van der Waals surface area contributed by atoms with Crippen molar-refractivity contribution in [1.29, 1.82) is 0 Å². The monoisotopic (exact) mass is 349 g/mol. The molecular formula is C23H15N3O. The maximum Gasteiger partial charge on any atom is 0.219 e. The Hall–Kier alpha value is -4.02. The molecular weight excluding hydrogens is 334 g/mol. The summed E-state index contributed by atoms with van der Waals surface area (Å²) in [7, 11) is 0. The number of hydrogen-bond acceptors (Lipinski definition) is 3. The molecule has 4 aromatic rings. The Balaban J connectivity index is 1.84. The van der Waals surface area contributed by atoms with Gasteiger partial charge in [0.05, 0.1) is 0 Å². The molecule has 0 saturated heterocycles.